The average Bonchev–Trinajstić information content (AvgIpc) is 2.79. The van der Waals surface area contributed by atoms with Crippen molar-refractivity contribution in [2.24, 2.45) is 23.7 Å². The largest absolute Gasteiger partial charge is 0.462 e. The average molecular weight is 447 g/mol. The van der Waals surface area contributed by atoms with Crippen molar-refractivity contribution in [1.29, 1.82) is 0 Å². The first-order chi connectivity index (χ1) is 15.3. The van der Waals surface area contributed by atoms with Gasteiger partial charge in [-0.25, -0.2) is 9.59 Å². The molecule has 0 spiro atoms. The van der Waals surface area contributed by atoms with Crippen LogP contribution in [0.25, 0.3) is 0 Å². The zero-order valence-electron chi connectivity index (χ0n) is 21.3. The molecule has 0 N–H and O–H groups in total. The molecule has 0 radical (unpaired) electrons. The van der Waals surface area contributed by atoms with E-state index in [-0.39, 0.29) is 11.1 Å². The zero-order chi connectivity index (χ0) is 23.9. The zero-order valence-corrected chi connectivity index (χ0v) is 21.3. The van der Waals surface area contributed by atoms with Crippen molar-refractivity contribution in [2.75, 3.05) is 13.2 Å². The summed E-state index contributed by atoms with van der Waals surface area (Å²) in [6, 6.07) is 6.78. The molecule has 32 heavy (non-hydrogen) atoms. The van der Waals surface area contributed by atoms with Gasteiger partial charge in [0.2, 0.25) is 0 Å². The summed E-state index contributed by atoms with van der Waals surface area (Å²) in [5.41, 5.74) is 0.571. The minimum Gasteiger partial charge on any atom is -0.462 e. The summed E-state index contributed by atoms with van der Waals surface area (Å²) in [5, 5.41) is 0. The van der Waals surface area contributed by atoms with E-state index >= 15 is 0 Å². The molecule has 0 aromatic heterocycles. The maximum Gasteiger partial charge on any atom is 0.339 e. The van der Waals surface area contributed by atoms with E-state index in [9.17, 15) is 9.59 Å². The Bertz CT molecular complexity index is 669. The molecule has 0 aliphatic carbocycles. The van der Waals surface area contributed by atoms with Crippen molar-refractivity contribution in [3.8, 4) is 0 Å². The summed E-state index contributed by atoms with van der Waals surface area (Å²) in [6.45, 7) is 14.0. The van der Waals surface area contributed by atoms with E-state index in [0.717, 1.165) is 25.7 Å². The van der Waals surface area contributed by atoms with E-state index in [1.54, 1.807) is 24.3 Å². The minimum atomic E-state index is -0.453. The lowest BCUT2D eigenvalue weighted by Crippen LogP contribution is -2.17. The molecule has 1 rings (SSSR count). The Morgan fingerprint density at radius 1 is 0.750 bits per heavy atom. The van der Waals surface area contributed by atoms with Crippen LogP contribution in [0.4, 0.5) is 0 Å². The number of unbranched alkanes of at least 4 members (excludes halogenated alkanes) is 1. The first-order valence-corrected chi connectivity index (χ1v) is 12.7. The molecule has 0 saturated heterocycles. The highest BCUT2D eigenvalue weighted by Crippen LogP contribution is 2.21. The Balaban J connectivity index is 2.51. The number of hydrogen-bond acceptors (Lipinski definition) is 4. The molecule has 4 heteroatoms. The molecule has 0 bridgehead atoms. The molecule has 0 heterocycles. The van der Waals surface area contributed by atoms with E-state index in [4.69, 9.17) is 9.47 Å². The van der Waals surface area contributed by atoms with Crippen molar-refractivity contribution in [3.63, 3.8) is 0 Å². The van der Waals surface area contributed by atoms with E-state index in [2.05, 4.69) is 41.5 Å². The van der Waals surface area contributed by atoms with Gasteiger partial charge in [-0.2, -0.15) is 0 Å². The van der Waals surface area contributed by atoms with E-state index in [1.165, 1.54) is 25.7 Å². The highest BCUT2D eigenvalue weighted by atomic mass is 16.5. The first kappa shape index (κ1) is 28.2. The number of benzene rings is 1. The maximum atomic E-state index is 12.6. The number of esters is 2. The quantitative estimate of drug-likeness (QED) is 0.244. The molecular formula is C28H46O4. The lowest BCUT2D eigenvalue weighted by atomic mass is 9.91. The predicted octanol–water partition coefficient (Wildman–Crippen LogP) is 7.71. The fraction of sp³-hybridized carbons (Fsp3) is 0.714. The number of hydrogen-bond donors (Lipinski definition) is 0. The predicted molar refractivity (Wildman–Crippen MR) is 132 cm³/mol. The van der Waals surface area contributed by atoms with Gasteiger partial charge in [-0.15, -0.1) is 0 Å². The van der Waals surface area contributed by atoms with Gasteiger partial charge in [0.15, 0.2) is 0 Å². The molecule has 0 aliphatic heterocycles. The van der Waals surface area contributed by atoms with Crippen molar-refractivity contribution in [2.45, 2.75) is 92.9 Å². The Morgan fingerprint density at radius 3 is 1.91 bits per heavy atom. The van der Waals surface area contributed by atoms with Crippen LogP contribution < -0.4 is 0 Å². The van der Waals surface area contributed by atoms with Gasteiger partial charge in [-0.3, -0.25) is 0 Å². The molecule has 4 unspecified atom stereocenters. The monoisotopic (exact) mass is 446 g/mol. The highest BCUT2D eigenvalue weighted by Gasteiger charge is 2.20. The number of ether oxygens (including phenoxy) is 2. The third-order valence-electron chi connectivity index (χ3n) is 6.41. The Kier molecular flexibility index (Phi) is 14.0. The molecule has 4 atom stereocenters. The van der Waals surface area contributed by atoms with E-state index in [1.807, 2.05) is 0 Å². The minimum absolute atomic E-state index is 0.285. The third-order valence-corrected chi connectivity index (χ3v) is 6.41. The Morgan fingerprint density at radius 2 is 1.31 bits per heavy atom. The van der Waals surface area contributed by atoms with Crippen LogP contribution >= 0.6 is 0 Å². The van der Waals surface area contributed by atoms with E-state index < -0.39 is 11.9 Å². The van der Waals surface area contributed by atoms with Crippen LogP contribution in [-0.2, 0) is 9.47 Å². The summed E-state index contributed by atoms with van der Waals surface area (Å²) in [5.74, 6) is 1.29. The van der Waals surface area contributed by atoms with Crippen molar-refractivity contribution >= 4 is 11.9 Å². The van der Waals surface area contributed by atoms with Crippen molar-refractivity contribution in [1.82, 2.24) is 0 Å². The van der Waals surface area contributed by atoms with Crippen LogP contribution in [-0.4, -0.2) is 25.2 Å². The number of carbonyl (C=O) groups is 2. The molecule has 0 amide bonds. The highest BCUT2D eigenvalue weighted by molar-refractivity contribution is 6.03. The molecule has 1 aromatic rings. The summed E-state index contributed by atoms with van der Waals surface area (Å²) in [6.07, 6.45) is 9.07. The standard InChI is InChI=1S/C28H46O4/c1-7-9-12-22(4)19-23(5)17-18-31-27(29)25-13-10-11-14-26(25)28(30)32-20-24(6)16-15-21(3)8-2/h10-11,13-14,21-24H,7-9,12,15-20H2,1-6H3. The second-order valence-electron chi connectivity index (χ2n) is 9.85. The summed E-state index contributed by atoms with van der Waals surface area (Å²) in [7, 11) is 0. The first-order valence-electron chi connectivity index (χ1n) is 12.7. The fourth-order valence-electron chi connectivity index (χ4n) is 3.90. The topological polar surface area (TPSA) is 52.6 Å². The third kappa shape index (κ3) is 11.2. The van der Waals surface area contributed by atoms with Crippen LogP contribution in [0.3, 0.4) is 0 Å². The van der Waals surface area contributed by atoms with Gasteiger partial charge in [0, 0.05) is 0 Å². The maximum absolute atomic E-state index is 12.6. The normalized spacial score (nSPS) is 14.9. The Hall–Kier alpha value is -1.84. The van der Waals surface area contributed by atoms with Crippen LogP contribution in [0.15, 0.2) is 24.3 Å². The molecular weight excluding hydrogens is 400 g/mol. The van der Waals surface area contributed by atoms with Crippen molar-refractivity contribution < 1.29 is 19.1 Å². The van der Waals surface area contributed by atoms with Gasteiger partial charge in [-0.05, 0) is 55.1 Å². The van der Waals surface area contributed by atoms with Crippen LogP contribution in [0.5, 0.6) is 0 Å². The molecule has 1 aromatic carbocycles. The molecule has 182 valence electrons. The number of rotatable bonds is 16. The molecule has 0 aliphatic rings. The van der Waals surface area contributed by atoms with E-state index in [0.29, 0.717) is 36.9 Å². The van der Waals surface area contributed by atoms with Gasteiger partial charge in [0.25, 0.3) is 0 Å². The van der Waals surface area contributed by atoms with Gasteiger partial charge < -0.3 is 9.47 Å². The lowest BCUT2D eigenvalue weighted by Gasteiger charge is -2.17. The Labute approximate surface area is 196 Å². The second kappa shape index (κ2) is 15.9. The van der Waals surface area contributed by atoms with Gasteiger partial charge in [0.1, 0.15) is 0 Å². The van der Waals surface area contributed by atoms with Crippen LogP contribution in [0.2, 0.25) is 0 Å². The van der Waals surface area contributed by atoms with Crippen LogP contribution in [0.1, 0.15) is 114 Å². The summed E-state index contributed by atoms with van der Waals surface area (Å²) < 4.78 is 11.0. The summed E-state index contributed by atoms with van der Waals surface area (Å²) in [4.78, 5) is 25.3. The SMILES string of the molecule is CCCCC(C)CC(C)CCOC(=O)c1ccccc1C(=O)OCC(C)CCC(C)CC. The summed E-state index contributed by atoms with van der Waals surface area (Å²) >= 11 is 0. The van der Waals surface area contributed by atoms with Gasteiger partial charge >= 0.3 is 11.9 Å². The lowest BCUT2D eigenvalue weighted by molar-refractivity contribution is 0.0409. The van der Waals surface area contributed by atoms with Gasteiger partial charge in [-0.1, -0.05) is 85.8 Å². The smallest absolute Gasteiger partial charge is 0.339 e. The molecule has 0 saturated carbocycles. The second-order valence-corrected chi connectivity index (χ2v) is 9.85. The molecule has 4 nitrogen and oxygen atoms in total. The number of carbonyl (C=O) groups excluding carboxylic acids is 2. The molecule has 0 fully saturated rings. The van der Waals surface area contributed by atoms with Crippen molar-refractivity contribution in [3.05, 3.63) is 35.4 Å². The van der Waals surface area contributed by atoms with Crippen LogP contribution in [0, 0.1) is 23.7 Å². The fourth-order valence-corrected chi connectivity index (χ4v) is 3.90. The van der Waals surface area contributed by atoms with Gasteiger partial charge in [0.05, 0.1) is 24.3 Å².